The van der Waals surface area contributed by atoms with Gasteiger partial charge in [0.05, 0.1) is 26.0 Å². The molecule has 0 saturated heterocycles. The summed E-state index contributed by atoms with van der Waals surface area (Å²) in [5.74, 6) is 1.67. The van der Waals surface area contributed by atoms with E-state index in [4.69, 9.17) is 14.2 Å². The highest BCUT2D eigenvalue weighted by atomic mass is 16.5. The van der Waals surface area contributed by atoms with Crippen molar-refractivity contribution < 1.29 is 14.2 Å². The van der Waals surface area contributed by atoms with Crippen molar-refractivity contribution in [2.24, 2.45) is 14.1 Å². The molecule has 2 aliphatic heterocycles. The lowest BCUT2D eigenvalue weighted by Gasteiger charge is -2.38. The van der Waals surface area contributed by atoms with Gasteiger partial charge in [-0.3, -0.25) is 13.9 Å². The minimum Gasteiger partial charge on any atom is -0.497 e. The number of aromatic nitrogens is 2. The van der Waals surface area contributed by atoms with Crippen molar-refractivity contribution in [1.82, 2.24) is 9.13 Å². The van der Waals surface area contributed by atoms with Crippen molar-refractivity contribution in [3.05, 3.63) is 50.3 Å². The van der Waals surface area contributed by atoms with Crippen molar-refractivity contribution in [1.29, 1.82) is 0 Å². The van der Waals surface area contributed by atoms with Crippen LogP contribution in [0.5, 0.6) is 17.2 Å². The fraction of sp³-hybridized carbons (Fsp3) is 0.412. The smallest absolute Gasteiger partial charge is 0.330 e. The quantitative estimate of drug-likeness (QED) is 0.771. The normalized spacial score (nSPS) is 21.0. The Kier molecular flexibility index (Phi) is 3.19. The highest BCUT2D eigenvalue weighted by Gasteiger charge is 2.41. The lowest BCUT2D eigenvalue weighted by Crippen LogP contribution is -2.45. The first-order chi connectivity index (χ1) is 11.5. The molecule has 0 N–H and O–H groups in total. The molecule has 1 aromatic carbocycles. The summed E-state index contributed by atoms with van der Waals surface area (Å²) in [6.07, 6.45) is 0. The molecule has 2 aliphatic rings. The van der Waals surface area contributed by atoms with E-state index in [2.05, 4.69) is 0 Å². The zero-order valence-electron chi connectivity index (χ0n) is 13.7. The molecule has 24 heavy (non-hydrogen) atoms. The van der Waals surface area contributed by atoms with Gasteiger partial charge in [-0.15, -0.1) is 0 Å². The van der Waals surface area contributed by atoms with Gasteiger partial charge in [0.2, 0.25) is 5.75 Å². The zero-order valence-corrected chi connectivity index (χ0v) is 13.7. The van der Waals surface area contributed by atoms with Crippen molar-refractivity contribution in [3.8, 4) is 17.2 Å². The number of nitrogens with zero attached hydrogens (tertiary/aromatic N) is 2. The molecule has 0 unspecified atom stereocenters. The maximum Gasteiger partial charge on any atom is 0.330 e. The largest absolute Gasteiger partial charge is 0.497 e. The van der Waals surface area contributed by atoms with E-state index in [0.29, 0.717) is 18.9 Å². The van der Waals surface area contributed by atoms with Gasteiger partial charge in [0.15, 0.2) is 0 Å². The molecule has 126 valence electrons. The molecular formula is C17H18N2O5. The summed E-state index contributed by atoms with van der Waals surface area (Å²) < 4.78 is 19.5. The molecule has 0 bridgehead atoms. The van der Waals surface area contributed by atoms with Crippen LogP contribution in [-0.2, 0) is 14.1 Å². The number of benzene rings is 1. The Balaban J connectivity index is 1.90. The summed E-state index contributed by atoms with van der Waals surface area (Å²) in [5, 5.41) is 0. The summed E-state index contributed by atoms with van der Waals surface area (Å²) >= 11 is 0. The molecule has 7 nitrogen and oxygen atoms in total. The van der Waals surface area contributed by atoms with Gasteiger partial charge >= 0.3 is 5.69 Å². The molecule has 0 amide bonds. The molecule has 0 spiro atoms. The minimum absolute atomic E-state index is 0.00839. The Bertz CT molecular complexity index is 943. The number of hydrogen-bond donors (Lipinski definition) is 0. The van der Waals surface area contributed by atoms with Gasteiger partial charge in [0.25, 0.3) is 5.56 Å². The Labute approximate surface area is 138 Å². The first kappa shape index (κ1) is 14.9. The average molecular weight is 330 g/mol. The second-order valence-corrected chi connectivity index (χ2v) is 6.16. The SMILES string of the molecule is COc1ccc2c(c1)[C@@H]1COc3c(n(C)c(=O)n(C)c3=O)[C@@H]1CO2. The molecule has 1 aromatic heterocycles. The zero-order chi connectivity index (χ0) is 17.0. The summed E-state index contributed by atoms with van der Waals surface area (Å²) in [4.78, 5) is 24.7. The fourth-order valence-electron chi connectivity index (χ4n) is 3.62. The van der Waals surface area contributed by atoms with E-state index in [9.17, 15) is 9.59 Å². The van der Waals surface area contributed by atoms with Crippen LogP contribution in [0.4, 0.5) is 0 Å². The van der Waals surface area contributed by atoms with E-state index >= 15 is 0 Å². The summed E-state index contributed by atoms with van der Waals surface area (Å²) in [5.41, 5.74) is 0.819. The van der Waals surface area contributed by atoms with Crippen LogP contribution < -0.4 is 25.5 Å². The van der Waals surface area contributed by atoms with Crippen LogP contribution in [-0.4, -0.2) is 29.5 Å². The topological polar surface area (TPSA) is 71.7 Å². The van der Waals surface area contributed by atoms with Crippen LogP contribution in [0.25, 0.3) is 0 Å². The molecule has 3 heterocycles. The van der Waals surface area contributed by atoms with Crippen molar-refractivity contribution in [2.75, 3.05) is 20.3 Å². The second kappa shape index (κ2) is 5.15. The third-order valence-corrected chi connectivity index (χ3v) is 4.95. The van der Waals surface area contributed by atoms with Crippen molar-refractivity contribution in [2.45, 2.75) is 11.8 Å². The van der Waals surface area contributed by atoms with E-state index in [1.807, 2.05) is 18.2 Å². The lowest BCUT2D eigenvalue weighted by atomic mass is 9.80. The van der Waals surface area contributed by atoms with Crippen molar-refractivity contribution in [3.63, 3.8) is 0 Å². The Hall–Kier alpha value is -2.70. The van der Waals surface area contributed by atoms with Gasteiger partial charge in [-0.1, -0.05) is 0 Å². The molecule has 0 radical (unpaired) electrons. The second-order valence-electron chi connectivity index (χ2n) is 6.16. The number of fused-ring (bicyclic) bond motifs is 5. The number of rotatable bonds is 1. The summed E-state index contributed by atoms with van der Waals surface area (Å²) in [6.45, 7) is 0.773. The van der Waals surface area contributed by atoms with Crippen LogP contribution in [0, 0.1) is 0 Å². The van der Waals surface area contributed by atoms with E-state index in [1.54, 1.807) is 14.2 Å². The number of methoxy groups -OCH3 is 1. The fourth-order valence-corrected chi connectivity index (χ4v) is 3.62. The van der Waals surface area contributed by atoms with Gasteiger partial charge < -0.3 is 14.2 Å². The predicted molar refractivity (Wildman–Crippen MR) is 86.4 cm³/mol. The van der Waals surface area contributed by atoms with Gasteiger partial charge in [0.1, 0.15) is 11.5 Å². The lowest BCUT2D eigenvalue weighted by molar-refractivity contribution is 0.157. The van der Waals surface area contributed by atoms with Gasteiger partial charge in [0, 0.05) is 31.5 Å². The molecule has 7 heteroatoms. The van der Waals surface area contributed by atoms with Crippen LogP contribution >= 0.6 is 0 Å². The third-order valence-electron chi connectivity index (χ3n) is 4.95. The van der Waals surface area contributed by atoms with Crippen LogP contribution in [0.2, 0.25) is 0 Å². The number of hydrogen-bond acceptors (Lipinski definition) is 5. The molecule has 0 aliphatic carbocycles. The third kappa shape index (κ3) is 1.90. The standard InChI is InChI=1S/C17H18N2O5/c1-18-14-12-8-23-13-5-4-9(22-3)6-10(13)11(12)7-24-15(14)16(20)19(2)17(18)21/h4-6,11-12H,7-8H2,1-3H3/t11-,12+/m0/s1. The van der Waals surface area contributed by atoms with Gasteiger partial charge in [-0.05, 0) is 18.2 Å². The summed E-state index contributed by atoms with van der Waals surface area (Å²) in [6, 6.07) is 5.66. The summed E-state index contributed by atoms with van der Waals surface area (Å²) in [7, 11) is 4.73. The van der Waals surface area contributed by atoms with E-state index in [1.165, 1.54) is 11.6 Å². The van der Waals surface area contributed by atoms with Crippen LogP contribution in [0.15, 0.2) is 27.8 Å². The van der Waals surface area contributed by atoms with E-state index in [-0.39, 0.29) is 23.3 Å². The highest BCUT2D eigenvalue weighted by molar-refractivity contribution is 5.48. The molecule has 4 rings (SSSR count). The predicted octanol–water partition coefficient (Wildman–Crippen LogP) is 0.745. The first-order valence-corrected chi connectivity index (χ1v) is 7.76. The number of ether oxygens (including phenoxy) is 3. The minimum atomic E-state index is -0.400. The Morgan fingerprint density at radius 2 is 1.83 bits per heavy atom. The van der Waals surface area contributed by atoms with E-state index < -0.39 is 5.56 Å². The first-order valence-electron chi connectivity index (χ1n) is 7.76. The molecular weight excluding hydrogens is 312 g/mol. The molecule has 0 fully saturated rings. The maximum atomic E-state index is 12.4. The maximum absolute atomic E-state index is 12.4. The van der Waals surface area contributed by atoms with Crippen LogP contribution in [0.3, 0.4) is 0 Å². The molecule has 2 aromatic rings. The molecule has 2 atom stereocenters. The molecule has 0 saturated carbocycles. The average Bonchev–Trinajstić information content (AvgIpc) is 2.62. The van der Waals surface area contributed by atoms with Gasteiger partial charge in [-0.2, -0.15) is 0 Å². The van der Waals surface area contributed by atoms with Gasteiger partial charge in [-0.25, -0.2) is 4.79 Å². The van der Waals surface area contributed by atoms with Crippen LogP contribution in [0.1, 0.15) is 23.1 Å². The monoisotopic (exact) mass is 330 g/mol. The Morgan fingerprint density at radius 1 is 1.08 bits per heavy atom. The Morgan fingerprint density at radius 3 is 2.58 bits per heavy atom. The van der Waals surface area contributed by atoms with Crippen molar-refractivity contribution >= 4 is 0 Å². The van der Waals surface area contributed by atoms with E-state index in [0.717, 1.165) is 21.6 Å². The highest BCUT2D eigenvalue weighted by Crippen LogP contribution is 2.47.